The lowest BCUT2D eigenvalue weighted by atomic mass is 9.56. The minimum Gasteiger partial charge on any atom is -0.153 e. The van der Waals surface area contributed by atoms with Crippen molar-refractivity contribution in [2.45, 2.75) is 43.4 Å². The van der Waals surface area contributed by atoms with Crippen molar-refractivity contribution in [1.29, 1.82) is 0 Å². The van der Waals surface area contributed by atoms with E-state index in [4.69, 9.17) is 11.6 Å². The predicted octanol–water partition coefficient (Wildman–Crippen LogP) is 3.25. The molecule has 4 bridgehead atoms. The Morgan fingerprint density at radius 2 is 1.17 bits per heavy atom. The Morgan fingerprint density at radius 3 is 1.42 bits per heavy atom. The summed E-state index contributed by atoms with van der Waals surface area (Å²) in [5.74, 6) is 3.04. The van der Waals surface area contributed by atoms with Gasteiger partial charge in [-0.05, 0) is 56.3 Å². The molecule has 0 radical (unpaired) electrons. The third-order valence-corrected chi connectivity index (χ3v) is 4.43. The molecule has 4 fully saturated rings. The zero-order valence-corrected chi connectivity index (χ0v) is 9.73. The Labute approximate surface area is 83.1 Å². The van der Waals surface area contributed by atoms with Gasteiger partial charge in [0, 0.05) is 4.87 Å². The molecule has 0 nitrogen and oxygen atoms in total. The molecule has 0 aromatic heterocycles. The van der Waals surface area contributed by atoms with Crippen molar-refractivity contribution >= 4 is 21.5 Å². The van der Waals surface area contributed by atoms with Crippen LogP contribution in [0, 0.1) is 17.8 Å². The first-order valence-electron chi connectivity index (χ1n) is 4.92. The van der Waals surface area contributed by atoms with E-state index in [2.05, 4.69) is 0 Å². The number of rotatable bonds is 0. The molecule has 0 amide bonds. The predicted molar refractivity (Wildman–Crippen MR) is 57.9 cm³/mol. The van der Waals surface area contributed by atoms with Gasteiger partial charge in [-0.3, -0.25) is 0 Å². The highest BCUT2D eigenvalue weighted by Crippen LogP contribution is 2.58. The van der Waals surface area contributed by atoms with Crippen LogP contribution in [-0.4, -0.2) is 4.87 Å². The summed E-state index contributed by atoms with van der Waals surface area (Å²) in [6.07, 6.45) is 8.52. The Hall–Kier alpha value is 0.720. The van der Waals surface area contributed by atoms with Gasteiger partial charge >= 0.3 is 0 Å². The van der Waals surface area contributed by atoms with Gasteiger partial charge in [0.1, 0.15) is 0 Å². The maximum atomic E-state index is 6.53. The van der Waals surface area contributed by atoms with Crippen molar-refractivity contribution < 1.29 is 0 Å². The van der Waals surface area contributed by atoms with Crippen LogP contribution < -0.4 is 0 Å². The van der Waals surface area contributed by atoms with Gasteiger partial charge in [-0.1, -0.05) is 0 Å². The lowest BCUT2D eigenvalue weighted by Gasteiger charge is -2.54. The van der Waals surface area contributed by atoms with E-state index >= 15 is 0 Å². The summed E-state index contributed by atoms with van der Waals surface area (Å²) in [7, 11) is 0. The molecule has 0 heterocycles. The molecular weight excluding hydrogens is 187 g/mol. The van der Waals surface area contributed by atoms with Gasteiger partial charge in [-0.15, -0.1) is 11.6 Å². The summed E-state index contributed by atoms with van der Waals surface area (Å²) in [6, 6.07) is 0. The summed E-state index contributed by atoms with van der Waals surface area (Å²) >= 11 is 6.53. The second kappa shape index (κ2) is 2.85. The van der Waals surface area contributed by atoms with E-state index in [1.807, 2.05) is 0 Å². The van der Waals surface area contributed by atoms with Gasteiger partial charge in [0.05, 0.1) is 0 Å². The van der Waals surface area contributed by atoms with E-state index < -0.39 is 0 Å². The topological polar surface area (TPSA) is 0 Å². The van der Waals surface area contributed by atoms with Crippen molar-refractivity contribution in [3.63, 3.8) is 0 Å². The quantitative estimate of drug-likeness (QED) is 0.420. The first-order chi connectivity index (χ1) is 5.23. The second-order valence-electron chi connectivity index (χ2n) is 5.07. The monoisotopic (exact) mass is 204 g/mol. The minimum absolute atomic E-state index is 0. The molecule has 0 aromatic carbocycles. The van der Waals surface area contributed by atoms with E-state index in [0.29, 0.717) is 0 Å². The summed E-state index contributed by atoms with van der Waals surface area (Å²) in [5, 5.41) is 0. The van der Waals surface area contributed by atoms with Crippen LogP contribution in [0.3, 0.4) is 0 Å². The Bertz CT molecular complexity index is 155. The SMILES string of the molecule is ClC12CC3CC(CC(C3)C1)C2.P. The fourth-order valence-electron chi connectivity index (χ4n) is 4.00. The molecule has 70 valence electrons. The van der Waals surface area contributed by atoms with Crippen LogP contribution in [0.2, 0.25) is 0 Å². The van der Waals surface area contributed by atoms with Crippen molar-refractivity contribution in [3.8, 4) is 0 Å². The Kier molecular flexibility index (Phi) is 2.21. The van der Waals surface area contributed by atoms with Crippen molar-refractivity contribution in [2.24, 2.45) is 17.8 Å². The Balaban J connectivity index is 0.000000563. The maximum absolute atomic E-state index is 6.53. The van der Waals surface area contributed by atoms with E-state index in [9.17, 15) is 0 Å². The Morgan fingerprint density at radius 1 is 0.833 bits per heavy atom. The molecule has 0 spiro atoms. The van der Waals surface area contributed by atoms with Crippen LogP contribution in [0.25, 0.3) is 0 Å². The largest absolute Gasteiger partial charge is 0.153 e. The average molecular weight is 205 g/mol. The highest BCUT2D eigenvalue weighted by Gasteiger charge is 2.49. The van der Waals surface area contributed by atoms with Crippen LogP contribution in [-0.2, 0) is 0 Å². The minimum atomic E-state index is 0. The van der Waals surface area contributed by atoms with Crippen molar-refractivity contribution in [2.75, 3.05) is 0 Å². The van der Waals surface area contributed by atoms with Gasteiger partial charge in [0.25, 0.3) is 0 Å². The molecule has 4 saturated carbocycles. The maximum Gasteiger partial charge on any atom is 0.0454 e. The average Bonchev–Trinajstić information content (AvgIpc) is 1.79. The van der Waals surface area contributed by atoms with Gasteiger partial charge < -0.3 is 0 Å². The first kappa shape index (κ1) is 9.28. The molecule has 4 aliphatic carbocycles. The van der Waals surface area contributed by atoms with Gasteiger partial charge in [-0.2, -0.15) is 9.90 Å². The number of hydrogen-bond acceptors (Lipinski definition) is 0. The van der Waals surface area contributed by atoms with Gasteiger partial charge in [0.2, 0.25) is 0 Å². The van der Waals surface area contributed by atoms with Crippen LogP contribution in [0.1, 0.15) is 38.5 Å². The number of hydrogen-bond donors (Lipinski definition) is 0. The highest BCUT2D eigenvalue weighted by molar-refractivity contribution is 6.92. The van der Waals surface area contributed by atoms with Gasteiger partial charge in [-0.25, -0.2) is 0 Å². The third-order valence-electron chi connectivity index (χ3n) is 3.96. The molecule has 0 N–H and O–H groups in total. The van der Waals surface area contributed by atoms with E-state index in [1.54, 1.807) is 0 Å². The normalized spacial score (nSPS) is 55.2. The molecular formula is C10H18ClP. The molecule has 1 atom stereocenters. The third kappa shape index (κ3) is 1.32. The molecule has 12 heavy (non-hydrogen) atoms. The van der Waals surface area contributed by atoms with E-state index in [1.165, 1.54) is 38.5 Å². The fraction of sp³-hybridized carbons (Fsp3) is 1.00. The highest BCUT2D eigenvalue weighted by atomic mass is 35.5. The number of halogens is 1. The summed E-state index contributed by atoms with van der Waals surface area (Å²) in [6.45, 7) is 0. The lowest BCUT2D eigenvalue weighted by Crippen LogP contribution is -2.47. The van der Waals surface area contributed by atoms with Crippen LogP contribution in [0.5, 0.6) is 0 Å². The number of alkyl halides is 1. The summed E-state index contributed by atoms with van der Waals surface area (Å²) in [4.78, 5) is 0.273. The molecule has 4 aliphatic rings. The molecule has 4 rings (SSSR count). The van der Waals surface area contributed by atoms with Crippen LogP contribution in [0.15, 0.2) is 0 Å². The van der Waals surface area contributed by atoms with E-state index in [0.717, 1.165) is 17.8 Å². The summed E-state index contributed by atoms with van der Waals surface area (Å²) < 4.78 is 0. The van der Waals surface area contributed by atoms with Crippen molar-refractivity contribution in [3.05, 3.63) is 0 Å². The fourth-order valence-corrected chi connectivity index (χ4v) is 4.66. The smallest absolute Gasteiger partial charge is 0.0454 e. The second-order valence-corrected chi connectivity index (χ2v) is 5.87. The zero-order valence-electron chi connectivity index (χ0n) is 7.56. The van der Waals surface area contributed by atoms with Crippen molar-refractivity contribution in [1.82, 2.24) is 0 Å². The molecule has 0 aliphatic heterocycles. The standard InChI is InChI=1S/C10H15Cl.H3P/c11-10-4-7-1-8(5-10)3-9(2-7)6-10;/h7-9H,1-6H2;1H3. The van der Waals surface area contributed by atoms with E-state index in [-0.39, 0.29) is 14.8 Å². The molecule has 0 aromatic rings. The van der Waals surface area contributed by atoms with Crippen LogP contribution in [0.4, 0.5) is 0 Å². The van der Waals surface area contributed by atoms with Crippen LogP contribution >= 0.6 is 21.5 Å². The zero-order chi connectivity index (χ0) is 7.47. The summed E-state index contributed by atoms with van der Waals surface area (Å²) in [5.41, 5.74) is 0. The molecule has 0 saturated heterocycles. The molecule has 1 unspecified atom stereocenters. The first-order valence-corrected chi connectivity index (χ1v) is 5.30. The lowest BCUT2D eigenvalue weighted by molar-refractivity contribution is 0.0349. The molecule has 2 heteroatoms. The van der Waals surface area contributed by atoms with Gasteiger partial charge in [0.15, 0.2) is 0 Å².